The number of piperidine rings is 1. The zero-order chi connectivity index (χ0) is 30.6. The summed E-state index contributed by atoms with van der Waals surface area (Å²) in [5.74, 6) is -0.724. The van der Waals surface area contributed by atoms with Crippen LogP contribution in [0.15, 0.2) is 30.3 Å². The molecule has 0 radical (unpaired) electrons. The number of likely N-dealkylation sites (tertiary alicyclic amines) is 2. The van der Waals surface area contributed by atoms with E-state index in [-0.39, 0.29) is 78.7 Å². The van der Waals surface area contributed by atoms with Crippen LogP contribution in [0.5, 0.6) is 5.75 Å². The highest BCUT2D eigenvalue weighted by Crippen LogP contribution is 2.46. The van der Waals surface area contributed by atoms with Crippen LogP contribution in [0.25, 0.3) is 0 Å². The summed E-state index contributed by atoms with van der Waals surface area (Å²) in [5.41, 5.74) is 0.680. The van der Waals surface area contributed by atoms with E-state index < -0.39 is 30.1 Å². The quantitative estimate of drug-likeness (QED) is 0.255. The maximum Gasteiger partial charge on any atom is 0.408 e. The molecule has 2 aliphatic heterocycles. The van der Waals surface area contributed by atoms with E-state index in [1.807, 2.05) is 0 Å². The lowest BCUT2D eigenvalue weighted by molar-refractivity contribution is -0.190. The Bertz CT molecular complexity index is 1250. The average Bonchev–Trinajstić information content (AvgIpc) is 3.66. The molecule has 1 aliphatic carbocycles. The number of carboxylic acid groups (broad SMARTS) is 1. The molecule has 1 amide bonds. The first-order valence-electron chi connectivity index (χ1n) is 13.7. The van der Waals surface area contributed by atoms with Gasteiger partial charge in [-0.3, -0.25) is 14.5 Å². The van der Waals surface area contributed by atoms with Crippen LogP contribution >= 0.6 is 23.2 Å². The topological polar surface area (TPSA) is 70.1 Å². The van der Waals surface area contributed by atoms with Gasteiger partial charge in [-0.25, -0.2) is 8.78 Å². The Labute approximate surface area is 250 Å². The molecule has 2 heterocycles. The molecule has 0 spiro atoms. The third-order valence-corrected chi connectivity index (χ3v) is 8.20. The molecule has 2 unspecified atom stereocenters. The molecular formula is C29H31Cl2F5N2O4. The number of rotatable bonds is 7. The Kier molecular flexibility index (Phi) is 10.6. The molecule has 0 aromatic heterocycles. The number of carbonyl (C=O) groups is 2. The summed E-state index contributed by atoms with van der Waals surface area (Å²) in [7, 11) is 0. The van der Waals surface area contributed by atoms with Crippen molar-refractivity contribution in [1.29, 1.82) is 0 Å². The second kappa shape index (κ2) is 13.8. The van der Waals surface area contributed by atoms with Gasteiger partial charge < -0.3 is 14.7 Å². The van der Waals surface area contributed by atoms with Crippen LogP contribution < -0.4 is 4.74 Å². The molecule has 2 atom stereocenters. The monoisotopic (exact) mass is 636 g/mol. The number of hydrogen-bond acceptors (Lipinski definition) is 4. The van der Waals surface area contributed by atoms with Crippen LogP contribution in [-0.2, 0) is 4.79 Å². The van der Waals surface area contributed by atoms with Gasteiger partial charge in [0.15, 0.2) is 0 Å². The minimum atomic E-state index is -4.51. The van der Waals surface area contributed by atoms with Crippen molar-refractivity contribution in [2.45, 2.75) is 56.4 Å². The largest absolute Gasteiger partial charge is 0.493 e. The van der Waals surface area contributed by atoms with Crippen LogP contribution in [0.2, 0.25) is 10.0 Å². The minimum Gasteiger partial charge on any atom is -0.493 e. The molecule has 42 heavy (non-hydrogen) atoms. The predicted molar refractivity (Wildman–Crippen MR) is 148 cm³/mol. The van der Waals surface area contributed by atoms with Gasteiger partial charge in [-0.1, -0.05) is 23.2 Å². The zero-order valence-corrected chi connectivity index (χ0v) is 24.1. The van der Waals surface area contributed by atoms with Gasteiger partial charge in [0.1, 0.15) is 23.8 Å². The standard InChI is InChI=1S/C28H29Cl2F5N2O2.CH2O2/c29-19-9-18(10-20(30)11-19)26(28(33,34)35)36-6-3-16(4-7-36)15-39-25-13-24(32)23(12-22(25)17-1-2-17)27(38)37-8-5-21(31)14-37;2-1-3/h9-13,16-17,21,26H,1-8,14-15H2;1H,(H,2,3). The summed E-state index contributed by atoms with van der Waals surface area (Å²) >= 11 is 11.9. The van der Waals surface area contributed by atoms with Crippen molar-refractivity contribution in [2.24, 2.45) is 5.92 Å². The Morgan fingerprint density at radius 1 is 1.02 bits per heavy atom. The maximum absolute atomic E-state index is 15.0. The second-order valence-corrected chi connectivity index (χ2v) is 11.7. The molecule has 0 bridgehead atoms. The van der Waals surface area contributed by atoms with Crippen LogP contribution in [0.4, 0.5) is 22.0 Å². The molecule has 1 N–H and O–H groups in total. The Morgan fingerprint density at radius 2 is 1.64 bits per heavy atom. The van der Waals surface area contributed by atoms with Crippen LogP contribution in [0.3, 0.4) is 0 Å². The highest BCUT2D eigenvalue weighted by molar-refractivity contribution is 6.34. The second-order valence-electron chi connectivity index (χ2n) is 10.8. The van der Waals surface area contributed by atoms with Gasteiger partial charge >= 0.3 is 6.18 Å². The molecule has 5 rings (SSSR count). The fourth-order valence-corrected chi connectivity index (χ4v) is 6.11. The summed E-state index contributed by atoms with van der Waals surface area (Å²) in [5, 5.41) is 7.18. The van der Waals surface area contributed by atoms with E-state index in [9.17, 15) is 26.7 Å². The summed E-state index contributed by atoms with van der Waals surface area (Å²) in [4.78, 5) is 23.9. The zero-order valence-electron chi connectivity index (χ0n) is 22.6. The van der Waals surface area contributed by atoms with E-state index in [2.05, 4.69) is 0 Å². The molecule has 6 nitrogen and oxygen atoms in total. The number of carbonyl (C=O) groups excluding carboxylic acids is 1. The summed E-state index contributed by atoms with van der Waals surface area (Å²) in [6, 6.07) is 4.92. The van der Waals surface area contributed by atoms with Gasteiger partial charge in [0, 0.05) is 22.7 Å². The number of nitrogens with zero attached hydrogens (tertiary/aromatic N) is 2. The predicted octanol–water partition coefficient (Wildman–Crippen LogP) is 7.29. The molecule has 3 aliphatic rings. The number of ether oxygens (including phenoxy) is 1. The maximum atomic E-state index is 15.0. The molecule has 13 heteroatoms. The summed E-state index contributed by atoms with van der Waals surface area (Å²) in [6.07, 6.45) is -2.61. The van der Waals surface area contributed by atoms with Crippen LogP contribution in [0, 0.1) is 11.7 Å². The molecular weight excluding hydrogens is 606 g/mol. The van der Waals surface area contributed by atoms with Crippen molar-refractivity contribution < 1.29 is 41.4 Å². The van der Waals surface area contributed by atoms with Gasteiger partial charge in [-0.15, -0.1) is 0 Å². The van der Waals surface area contributed by atoms with E-state index in [1.165, 1.54) is 40.1 Å². The van der Waals surface area contributed by atoms with Crippen molar-refractivity contribution in [3.05, 3.63) is 62.9 Å². The highest BCUT2D eigenvalue weighted by atomic mass is 35.5. The van der Waals surface area contributed by atoms with Crippen molar-refractivity contribution in [2.75, 3.05) is 32.8 Å². The van der Waals surface area contributed by atoms with Gasteiger partial charge in [0.05, 0.1) is 18.7 Å². The third-order valence-electron chi connectivity index (χ3n) is 7.76. The van der Waals surface area contributed by atoms with Crippen molar-refractivity contribution in [1.82, 2.24) is 9.80 Å². The SMILES string of the molecule is O=C(c1cc(C2CC2)c(OCC2CCN(C(c3cc(Cl)cc(Cl)c3)C(F)(F)F)CC2)cc1F)N1CCC(F)C1.O=CO. The van der Waals surface area contributed by atoms with Crippen molar-refractivity contribution in [3.8, 4) is 5.75 Å². The molecule has 230 valence electrons. The Morgan fingerprint density at radius 3 is 2.17 bits per heavy atom. The Balaban J connectivity index is 0.00000129. The normalized spacial score (nSPS) is 20.5. The van der Waals surface area contributed by atoms with Crippen molar-refractivity contribution in [3.63, 3.8) is 0 Å². The fourth-order valence-electron chi connectivity index (χ4n) is 5.57. The molecule has 2 saturated heterocycles. The van der Waals surface area contributed by atoms with E-state index in [1.54, 1.807) is 0 Å². The average molecular weight is 637 g/mol. The number of amides is 1. The minimum absolute atomic E-state index is 0.00449. The number of halogens is 7. The number of alkyl halides is 4. The molecule has 1 saturated carbocycles. The van der Waals surface area contributed by atoms with E-state index in [0.717, 1.165) is 18.4 Å². The van der Waals surface area contributed by atoms with E-state index in [4.69, 9.17) is 37.8 Å². The first-order chi connectivity index (χ1) is 19.9. The lowest BCUT2D eigenvalue weighted by atomic mass is 9.94. The lowest BCUT2D eigenvalue weighted by Gasteiger charge is -2.38. The summed E-state index contributed by atoms with van der Waals surface area (Å²) < 4.78 is 76.8. The van der Waals surface area contributed by atoms with Gasteiger partial charge in [-0.05, 0) is 92.4 Å². The first kappa shape index (κ1) is 32.3. The third kappa shape index (κ3) is 8.05. The smallest absolute Gasteiger partial charge is 0.408 e. The molecule has 2 aromatic carbocycles. The Hall–Kier alpha value is -2.63. The summed E-state index contributed by atoms with van der Waals surface area (Å²) in [6.45, 7) is 0.605. The highest BCUT2D eigenvalue weighted by Gasteiger charge is 2.46. The van der Waals surface area contributed by atoms with Crippen molar-refractivity contribution >= 4 is 35.6 Å². The number of hydrogen-bond donors (Lipinski definition) is 1. The lowest BCUT2D eigenvalue weighted by Crippen LogP contribution is -2.43. The van der Waals surface area contributed by atoms with Gasteiger partial charge in [0.25, 0.3) is 12.4 Å². The van der Waals surface area contributed by atoms with Crippen LogP contribution in [0.1, 0.15) is 65.5 Å². The fraction of sp³-hybridized carbons (Fsp3) is 0.517. The van der Waals surface area contributed by atoms with E-state index >= 15 is 0 Å². The van der Waals surface area contributed by atoms with E-state index in [0.29, 0.717) is 18.6 Å². The van der Waals surface area contributed by atoms with Crippen LogP contribution in [-0.4, -0.2) is 72.4 Å². The molecule has 2 aromatic rings. The van der Waals surface area contributed by atoms with Gasteiger partial charge in [0.2, 0.25) is 0 Å². The molecule has 3 fully saturated rings. The first-order valence-corrected chi connectivity index (χ1v) is 14.4. The number of benzene rings is 2. The van der Waals surface area contributed by atoms with Gasteiger partial charge in [-0.2, -0.15) is 13.2 Å².